The van der Waals surface area contributed by atoms with Crippen molar-refractivity contribution in [2.75, 3.05) is 0 Å². The highest BCUT2D eigenvalue weighted by atomic mass is 16.5. The topological polar surface area (TPSA) is 89.5 Å². The largest absolute Gasteiger partial charge is 0.436 e. The Morgan fingerprint density at radius 3 is 2.82 bits per heavy atom. The molecule has 22 heavy (non-hydrogen) atoms. The molecule has 0 spiro atoms. The molecule has 0 fully saturated rings. The van der Waals surface area contributed by atoms with E-state index in [1.54, 1.807) is 36.1 Å². The van der Waals surface area contributed by atoms with E-state index in [2.05, 4.69) is 26.6 Å². The number of hydrogen-bond donors (Lipinski definition) is 0. The van der Waals surface area contributed by atoms with E-state index in [9.17, 15) is 5.26 Å². The zero-order valence-electron chi connectivity index (χ0n) is 12.1. The minimum atomic E-state index is 0.196. The van der Waals surface area contributed by atoms with E-state index in [1.807, 2.05) is 19.1 Å². The lowest BCUT2D eigenvalue weighted by molar-refractivity contribution is 0.451. The van der Waals surface area contributed by atoms with Crippen LogP contribution in [0.5, 0.6) is 11.6 Å². The predicted molar refractivity (Wildman–Crippen MR) is 77.7 cm³/mol. The van der Waals surface area contributed by atoms with Crippen molar-refractivity contribution in [3.05, 3.63) is 53.5 Å². The first-order valence-electron chi connectivity index (χ1n) is 6.57. The summed E-state index contributed by atoms with van der Waals surface area (Å²) in [6.45, 7) is 3.62. The van der Waals surface area contributed by atoms with E-state index in [4.69, 9.17) is 4.74 Å². The molecule has 0 N–H and O–H groups in total. The van der Waals surface area contributed by atoms with Gasteiger partial charge in [0.15, 0.2) is 0 Å². The maximum absolute atomic E-state index is 9.29. The van der Waals surface area contributed by atoms with Gasteiger partial charge in [-0.15, -0.1) is 10.2 Å². The van der Waals surface area contributed by atoms with Crippen LogP contribution in [-0.4, -0.2) is 25.2 Å². The van der Waals surface area contributed by atoms with Crippen LogP contribution >= 0.6 is 0 Å². The summed E-state index contributed by atoms with van der Waals surface area (Å²) in [6, 6.07) is 9.37. The van der Waals surface area contributed by atoms with Gasteiger partial charge in [0.05, 0.1) is 23.8 Å². The van der Waals surface area contributed by atoms with Gasteiger partial charge in [0.25, 0.3) is 5.88 Å². The Morgan fingerprint density at radius 2 is 2.09 bits per heavy atom. The van der Waals surface area contributed by atoms with Crippen molar-refractivity contribution in [1.29, 1.82) is 5.26 Å². The maximum atomic E-state index is 9.29. The van der Waals surface area contributed by atoms with Gasteiger partial charge >= 0.3 is 0 Å². The van der Waals surface area contributed by atoms with E-state index < -0.39 is 0 Å². The zero-order valence-corrected chi connectivity index (χ0v) is 12.1. The monoisotopic (exact) mass is 292 g/mol. The molecule has 2 heterocycles. The van der Waals surface area contributed by atoms with Gasteiger partial charge in [-0.1, -0.05) is 11.3 Å². The fourth-order valence-corrected chi connectivity index (χ4v) is 1.94. The summed E-state index contributed by atoms with van der Waals surface area (Å²) in [5.74, 6) is 0.739. The molecule has 0 saturated heterocycles. The van der Waals surface area contributed by atoms with Crippen molar-refractivity contribution in [2.24, 2.45) is 0 Å². The Morgan fingerprint density at radius 1 is 1.23 bits per heavy atom. The van der Waals surface area contributed by atoms with Gasteiger partial charge in [-0.05, 0) is 31.5 Å². The normalized spacial score (nSPS) is 10.2. The van der Waals surface area contributed by atoms with Crippen LogP contribution < -0.4 is 4.74 Å². The fourth-order valence-electron chi connectivity index (χ4n) is 1.94. The van der Waals surface area contributed by atoms with Gasteiger partial charge in [-0.2, -0.15) is 10.4 Å². The fraction of sp³-hybridized carbons (Fsp3) is 0.133. The molecular weight excluding hydrogens is 280 g/mol. The minimum absolute atomic E-state index is 0.196. The van der Waals surface area contributed by atoms with Crippen LogP contribution in [0.2, 0.25) is 0 Å². The number of hydrogen-bond acceptors (Lipinski definition) is 6. The third kappa shape index (κ3) is 2.50. The third-order valence-corrected chi connectivity index (χ3v) is 3.25. The standard InChI is InChI=1S/C15H12N6O/c1-10-11(2)18-19-15(14(10)9-16)22-13-5-3-4-12(8-13)21-7-6-17-20-21/h3-8H,1-2H3. The van der Waals surface area contributed by atoms with E-state index in [-0.39, 0.29) is 5.88 Å². The molecule has 0 bridgehead atoms. The van der Waals surface area contributed by atoms with E-state index in [0.29, 0.717) is 17.0 Å². The second kappa shape index (κ2) is 5.61. The summed E-state index contributed by atoms with van der Waals surface area (Å²) in [6.07, 6.45) is 3.33. The molecule has 108 valence electrons. The van der Waals surface area contributed by atoms with E-state index >= 15 is 0 Å². The third-order valence-electron chi connectivity index (χ3n) is 3.25. The maximum Gasteiger partial charge on any atom is 0.257 e. The number of rotatable bonds is 3. The lowest BCUT2D eigenvalue weighted by Gasteiger charge is -2.09. The van der Waals surface area contributed by atoms with Crippen LogP contribution in [0.15, 0.2) is 36.7 Å². The molecule has 7 nitrogen and oxygen atoms in total. The van der Waals surface area contributed by atoms with Crippen LogP contribution in [0, 0.1) is 25.2 Å². The Bertz CT molecular complexity index is 851. The molecule has 7 heteroatoms. The highest BCUT2D eigenvalue weighted by Gasteiger charge is 2.13. The lowest BCUT2D eigenvalue weighted by Crippen LogP contribution is -2.01. The summed E-state index contributed by atoms with van der Waals surface area (Å²) in [4.78, 5) is 0. The molecule has 0 saturated carbocycles. The van der Waals surface area contributed by atoms with Crippen molar-refractivity contribution in [3.8, 4) is 23.4 Å². The number of aromatic nitrogens is 5. The average Bonchev–Trinajstić information content (AvgIpc) is 3.06. The number of nitrogens with zero attached hydrogens (tertiary/aromatic N) is 6. The van der Waals surface area contributed by atoms with Gasteiger partial charge in [0.1, 0.15) is 17.4 Å². The average molecular weight is 292 g/mol. The van der Waals surface area contributed by atoms with Gasteiger partial charge in [-0.3, -0.25) is 0 Å². The number of aryl methyl sites for hydroxylation is 1. The summed E-state index contributed by atoms with van der Waals surface area (Å²) in [5, 5.41) is 24.9. The second-order valence-corrected chi connectivity index (χ2v) is 4.65. The van der Waals surface area contributed by atoms with Gasteiger partial charge in [0.2, 0.25) is 0 Å². The molecule has 3 aromatic rings. The highest BCUT2D eigenvalue weighted by Crippen LogP contribution is 2.26. The molecule has 0 amide bonds. The summed E-state index contributed by atoms with van der Waals surface area (Å²) in [7, 11) is 0. The van der Waals surface area contributed by atoms with Gasteiger partial charge < -0.3 is 4.74 Å². The Hall–Kier alpha value is -3.27. The minimum Gasteiger partial charge on any atom is -0.436 e. The molecule has 0 atom stereocenters. The first-order chi connectivity index (χ1) is 10.7. The van der Waals surface area contributed by atoms with Crippen molar-refractivity contribution in [3.63, 3.8) is 0 Å². The highest BCUT2D eigenvalue weighted by molar-refractivity contribution is 5.47. The quantitative estimate of drug-likeness (QED) is 0.736. The smallest absolute Gasteiger partial charge is 0.257 e. The molecular formula is C15H12N6O. The lowest BCUT2D eigenvalue weighted by atomic mass is 10.1. The predicted octanol–water partition coefficient (Wildman–Crippen LogP) is 2.34. The summed E-state index contributed by atoms with van der Waals surface area (Å²) < 4.78 is 7.33. The van der Waals surface area contributed by atoms with E-state index in [0.717, 1.165) is 11.3 Å². The molecule has 0 unspecified atom stereocenters. The van der Waals surface area contributed by atoms with Crippen molar-refractivity contribution < 1.29 is 4.74 Å². The Kier molecular flexibility index (Phi) is 3.50. The second-order valence-electron chi connectivity index (χ2n) is 4.65. The van der Waals surface area contributed by atoms with E-state index in [1.165, 1.54) is 0 Å². The first kappa shape index (κ1) is 13.7. The molecule has 0 radical (unpaired) electrons. The molecule has 0 aliphatic carbocycles. The van der Waals surface area contributed by atoms with Crippen LogP contribution in [0.1, 0.15) is 16.8 Å². The molecule has 0 aliphatic rings. The number of ether oxygens (including phenoxy) is 1. The molecule has 1 aromatic carbocycles. The van der Waals surface area contributed by atoms with Crippen LogP contribution in [-0.2, 0) is 0 Å². The Labute approximate surface area is 126 Å². The number of nitriles is 1. The van der Waals surface area contributed by atoms with Crippen LogP contribution in [0.3, 0.4) is 0 Å². The number of benzene rings is 1. The first-order valence-corrected chi connectivity index (χ1v) is 6.57. The molecule has 0 aliphatic heterocycles. The summed E-state index contributed by atoms with van der Waals surface area (Å²) in [5.41, 5.74) is 2.66. The van der Waals surface area contributed by atoms with Gasteiger partial charge in [-0.25, -0.2) is 4.68 Å². The van der Waals surface area contributed by atoms with Crippen molar-refractivity contribution >= 4 is 0 Å². The van der Waals surface area contributed by atoms with Crippen LogP contribution in [0.4, 0.5) is 0 Å². The summed E-state index contributed by atoms with van der Waals surface area (Å²) >= 11 is 0. The zero-order chi connectivity index (χ0) is 15.5. The Balaban J connectivity index is 1.96. The SMILES string of the molecule is Cc1nnc(Oc2cccc(-n3ccnn3)c2)c(C#N)c1C. The molecule has 3 rings (SSSR count). The van der Waals surface area contributed by atoms with Gasteiger partial charge in [0, 0.05) is 6.07 Å². The van der Waals surface area contributed by atoms with Crippen LogP contribution in [0.25, 0.3) is 5.69 Å². The molecule has 2 aromatic heterocycles. The van der Waals surface area contributed by atoms with Crippen molar-refractivity contribution in [1.82, 2.24) is 25.2 Å². The van der Waals surface area contributed by atoms with Crippen molar-refractivity contribution in [2.45, 2.75) is 13.8 Å².